The zero-order valence-electron chi connectivity index (χ0n) is 19.9. The molecular weight excluding hydrogens is 462 g/mol. The highest BCUT2D eigenvalue weighted by Gasteiger charge is 2.24. The van der Waals surface area contributed by atoms with Gasteiger partial charge in [-0.3, -0.25) is 19.6 Å². The van der Waals surface area contributed by atoms with Crippen LogP contribution in [0.2, 0.25) is 5.02 Å². The number of nitrogens with zero attached hydrogens (tertiary/aromatic N) is 5. The Morgan fingerprint density at radius 3 is 2.51 bits per heavy atom. The number of allylic oxidation sites excluding steroid dienone is 1. The quantitative estimate of drug-likeness (QED) is 0.335. The van der Waals surface area contributed by atoms with Crippen LogP contribution in [-0.2, 0) is 4.79 Å². The molecule has 1 saturated heterocycles. The average Bonchev–Trinajstić information content (AvgIpc) is 2.86. The molecule has 1 aliphatic heterocycles. The van der Waals surface area contributed by atoms with E-state index in [1.54, 1.807) is 18.5 Å². The third-order valence-corrected chi connectivity index (χ3v) is 6.20. The number of anilines is 3. The van der Waals surface area contributed by atoms with E-state index in [4.69, 9.17) is 11.6 Å². The molecular formula is C26H30ClN7O. The highest BCUT2D eigenvalue weighted by Crippen LogP contribution is 2.24. The number of hydrogen-bond donors (Lipinski definition) is 2. The summed E-state index contributed by atoms with van der Waals surface area (Å²) in [5.41, 5.74) is 3.66. The summed E-state index contributed by atoms with van der Waals surface area (Å²) in [7, 11) is 4.07. The molecule has 1 aromatic carbocycles. The number of benzene rings is 1. The van der Waals surface area contributed by atoms with E-state index in [-0.39, 0.29) is 6.17 Å². The van der Waals surface area contributed by atoms with Crippen molar-refractivity contribution < 1.29 is 4.79 Å². The Hall–Kier alpha value is -3.33. The zero-order valence-corrected chi connectivity index (χ0v) is 20.7. The van der Waals surface area contributed by atoms with Gasteiger partial charge in [-0.2, -0.15) is 0 Å². The van der Waals surface area contributed by atoms with E-state index in [2.05, 4.69) is 41.5 Å². The summed E-state index contributed by atoms with van der Waals surface area (Å²) in [6, 6.07) is 9.87. The molecule has 1 aliphatic rings. The lowest BCUT2D eigenvalue weighted by atomic mass is 10.0. The van der Waals surface area contributed by atoms with Gasteiger partial charge in [-0.1, -0.05) is 17.7 Å². The second-order valence-electron chi connectivity index (χ2n) is 8.75. The number of nitrogens with one attached hydrogen (secondary N) is 2. The van der Waals surface area contributed by atoms with Crippen molar-refractivity contribution in [3.05, 3.63) is 72.3 Å². The number of carbonyl (C=O) groups excluding carboxylic acids is 1. The molecule has 1 fully saturated rings. The predicted octanol–water partition coefficient (Wildman–Crippen LogP) is 4.45. The zero-order chi connectivity index (χ0) is 24.6. The van der Waals surface area contributed by atoms with Crippen LogP contribution in [-0.4, -0.2) is 70.4 Å². The maximum Gasteiger partial charge on any atom is 0.227 e. The van der Waals surface area contributed by atoms with Crippen LogP contribution in [0, 0.1) is 0 Å². The van der Waals surface area contributed by atoms with Crippen molar-refractivity contribution in [3.8, 4) is 11.1 Å². The lowest BCUT2D eigenvalue weighted by Gasteiger charge is -2.39. The maximum atomic E-state index is 10.7. The number of likely N-dealkylation sites (tertiary alicyclic amines) is 1. The smallest absolute Gasteiger partial charge is 0.227 e. The van der Waals surface area contributed by atoms with E-state index in [1.807, 2.05) is 56.8 Å². The molecule has 4 rings (SSSR count). The summed E-state index contributed by atoms with van der Waals surface area (Å²) < 4.78 is 0. The molecule has 0 bridgehead atoms. The van der Waals surface area contributed by atoms with Gasteiger partial charge in [0.25, 0.3) is 0 Å². The summed E-state index contributed by atoms with van der Waals surface area (Å²) in [6.45, 7) is 1.90. The first-order chi connectivity index (χ1) is 17.0. The number of halogens is 1. The Balaban J connectivity index is 1.35. The molecule has 0 radical (unpaired) electrons. The molecule has 0 aliphatic carbocycles. The van der Waals surface area contributed by atoms with Gasteiger partial charge in [0.15, 0.2) is 0 Å². The second kappa shape index (κ2) is 11.9. The van der Waals surface area contributed by atoms with Gasteiger partial charge >= 0.3 is 0 Å². The Kier molecular flexibility index (Phi) is 8.41. The molecule has 3 heterocycles. The van der Waals surface area contributed by atoms with Crippen LogP contribution < -0.4 is 10.6 Å². The molecule has 3 aromatic rings. The Labute approximate surface area is 211 Å². The molecule has 182 valence electrons. The maximum absolute atomic E-state index is 10.7. The monoisotopic (exact) mass is 491 g/mol. The lowest BCUT2D eigenvalue weighted by Crippen LogP contribution is -2.49. The topological polar surface area (TPSA) is 86.3 Å². The third kappa shape index (κ3) is 6.85. The van der Waals surface area contributed by atoms with Crippen LogP contribution >= 0.6 is 11.6 Å². The molecule has 0 amide bonds. The predicted molar refractivity (Wildman–Crippen MR) is 141 cm³/mol. The van der Waals surface area contributed by atoms with Crippen molar-refractivity contribution in [2.24, 2.45) is 0 Å². The fourth-order valence-corrected chi connectivity index (χ4v) is 4.41. The molecule has 0 spiro atoms. The van der Waals surface area contributed by atoms with Crippen molar-refractivity contribution in [3.63, 3.8) is 0 Å². The minimum Gasteiger partial charge on any atom is -0.381 e. The van der Waals surface area contributed by atoms with E-state index >= 15 is 0 Å². The van der Waals surface area contributed by atoms with E-state index in [1.165, 1.54) is 0 Å². The standard InChI is InChI=1S/C26H30ClN7O/c1-33(2)25(7-4-12-35)34-10-8-22(9-11-34)31-24-13-19(15-28-18-24)20-16-29-26(30-17-20)32-23-6-3-5-21(27)14-23/h3-7,12-18,22,25,31H,8-11H2,1-2H3,(H,29,30,32)/b7-4+/t25-/m0/s1. The van der Waals surface area contributed by atoms with E-state index < -0.39 is 0 Å². The minimum atomic E-state index is 0.127. The van der Waals surface area contributed by atoms with Crippen molar-refractivity contribution in [1.29, 1.82) is 0 Å². The van der Waals surface area contributed by atoms with Crippen molar-refractivity contribution in [1.82, 2.24) is 24.8 Å². The van der Waals surface area contributed by atoms with Gasteiger partial charge < -0.3 is 10.6 Å². The number of aldehydes is 1. The van der Waals surface area contributed by atoms with Crippen LogP contribution in [0.15, 0.2) is 67.3 Å². The first-order valence-electron chi connectivity index (χ1n) is 11.6. The Bertz CT molecular complexity index is 1140. The fraction of sp³-hybridized carbons (Fsp3) is 0.308. The summed E-state index contributed by atoms with van der Waals surface area (Å²) in [5, 5.41) is 7.44. The minimum absolute atomic E-state index is 0.127. The van der Waals surface area contributed by atoms with Gasteiger partial charge in [-0.15, -0.1) is 0 Å². The summed E-state index contributed by atoms with van der Waals surface area (Å²) in [4.78, 5) is 28.6. The number of likely N-dealkylation sites (N-methyl/N-ethyl adjacent to an activating group) is 1. The first-order valence-corrected chi connectivity index (χ1v) is 12.0. The number of aromatic nitrogens is 3. The number of rotatable bonds is 9. The van der Waals surface area contributed by atoms with Gasteiger partial charge in [0.2, 0.25) is 5.95 Å². The van der Waals surface area contributed by atoms with Gasteiger partial charge in [-0.05, 0) is 63.4 Å². The normalized spacial score (nSPS) is 15.9. The number of carbonyl (C=O) groups is 1. The van der Waals surface area contributed by atoms with E-state index in [9.17, 15) is 4.79 Å². The molecule has 0 saturated carbocycles. The van der Waals surface area contributed by atoms with Gasteiger partial charge in [0.05, 0.1) is 11.9 Å². The van der Waals surface area contributed by atoms with Gasteiger partial charge in [0.1, 0.15) is 6.29 Å². The Morgan fingerprint density at radius 1 is 1.06 bits per heavy atom. The highest BCUT2D eigenvalue weighted by atomic mass is 35.5. The average molecular weight is 492 g/mol. The molecule has 35 heavy (non-hydrogen) atoms. The fourth-order valence-electron chi connectivity index (χ4n) is 4.22. The van der Waals surface area contributed by atoms with Crippen LogP contribution in [0.1, 0.15) is 12.8 Å². The summed E-state index contributed by atoms with van der Waals surface area (Å²) in [6.07, 6.45) is 13.7. The van der Waals surface area contributed by atoms with Gasteiger partial charge in [-0.25, -0.2) is 9.97 Å². The van der Waals surface area contributed by atoms with Crippen LogP contribution in [0.3, 0.4) is 0 Å². The SMILES string of the molecule is CN(C)[C@H](/C=C/C=O)N1CCC(Nc2cncc(-c3cnc(Nc4cccc(Cl)c4)nc3)c2)CC1. The lowest BCUT2D eigenvalue weighted by molar-refractivity contribution is -0.104. The second-order valence-corrected chi connectivity index (χ2v) is 9.18. The molecule has 2 N–H and O–H groups in total. The molecule has 0 unspecified atom stereocenters. The highest BCUT2D eigenvalue weighted by molar-refractivity contribution is 6.30. The number of hydrogen-bond acceptors (Lipinski definition) is 8. The van der Waals surface area contributed by atoms with Crippen molar-refractivity contribution in [2.75, 3.05) is 37.8 Å². The molecule has 8 nitrogen and oxygen atoms in total. The van der Waals surface area contributed by atoms with Crippen LogP contribution in [0.5, 0.6) is 0 Å². The van der Waals surface area contributed by atoms with Gasteiger partial charge in [0, 0.05) is 65.8 Å². The van der Waals surface area contributed by atoms with E-state index in [0.717, 1.165) is 54.7 Å². The van der Waals surface area contributed by atoms with Crippen LogP contribution in [0.25, 0.3) is 11.1 Å². The number of piperidine rings is 1. The molecule has 2 aromatic heterocycles. The molecule has 1 atom stereocenters. The van der Waals surface area contributed by atoms with Crippen LogP contribution in [0.4, 0.5) is 17.3 Å². The largest absolute Gasteiger partial charge is 0.381 e. The number of pyridine rings is 1. The summed E-state index contributed by atoms with van der Waals surface area (Å²) in [5.74, 6) is 0.504. The van der Waals surface area contributed by atoms with Crippen molar-refractivity contribution >= 4 is 35.2 Å². The summed E-state index contributed by atoms with van der Waals surface area (Å²) >= 11 is 6.04. The van der Waals surface area contributed by atoms with E-state index in [0.29, 0.717) is 17.0 Å². The molecule has 9 heteroatoms. The first kappa shape index (κ1) is 24.8. The van der Waals surface area contributed by atoms with Crippen molar-refractivity contribution in [2.45, 2.75) is 25.0 Å². The Morgan fingerprint density at radius 2 is 1.83 bits per heavy atom. The third-order valence-electron chi connectivity index (χ3n) is 5.97.